The average molecular weight is 327 g/mol. The van der Waals surface area contributed by atoms with Crippen LogP contribution in [0.25, 0.3) is 44.7 Å². The highest BCUT2D eigenvalue weighted by atomic mass is 15.1. The molecule has 7 nitrogen and oxygen atoms in total. The van der Waals surface area contributed by atoms with Crippen LogP contribution in [0.2, 0.25) is 0 Å². The molecule has 0 spiro atoms. The molecule has 0 saturated carbocycles. The molecule has 0 aliphatic rings. The molecule has 5 rings (SSSR count). The maximum atomic E-state index is 4.61. The lowest BCUT2D eigenvalue weighted by atomic mass is 10.1. The van der Waals surface area contributed by atoms with Crippen LogP contribution in [0.3, 0.4) is 0 Å². The molecule has 2 N–H and O–H groups in total. The number of aromatic amines is 2. The van der Waals surface area contributed by atoms with Crippen LogP contribution in [-0.2, 0) is 0 Å². The summed E-state index contributed by atoms with van der Waals surface area (Å²) >= 11 is 0. The van der Waals surface area contributed by atoms with E-state index in [-0.39, 0.29) is 0 Å². The largest absolute Gasteiger partial charge is 0.335 e. The van der Waals surface area contributed by atoms with Gasteiger partial charge < -0.3 is 4.98 Å². The first-order chi connectivity index (χ1) is 12.3. The Morgan fingerprint density at radius 3 is 2.72 bits per heavy atom. The molecule has 7 heteroatoms. The van der Waals surface area contributed by atoms with E-state index in [1.165, 1.54) is 0 Å². The van der Waals surface area contributed by atoms with Crippen molar-refractivity contribution in [2.24, 2.45) is 0 Å². The summed E-state index contributed by atoms with van der Waals surface area (Å²) in [7, 11) is 0. The van der Waals surface area contributed by atoms with Gasteiger partial charge in [-0.25, -0.2) is 4.98 Å². The zero-order valence-corrected chi connectivity index (χ0v) is 13.4. The molecule has 5 aromatic rings. The van der Waals surface area contributed by atoms with Gasteiger partial charge in [-0.3, -0.25) is 20.1 Å². The summed E-state index contributed by atoms with van der Waals surface area (Å²) in [5.74, 6) is 0.703. The van der Waals surface area contributed by atoms with E-state index in [4.69, 9.17) is 0 Å². The molecule has 0 unspecified atom stereocenters. The fourth-order valence-corrected chi connectivity index (χ4v) is 2.95. The van der Waals surface area contributed by atoms with Crippen molar-refractivity contribution in [2.45, 2.75) is 6.92 Å². The number of rotatable bonds is 2. The smallest absolute Gasteiger partial charge is 0.159 e. The molecule has 5 aromatic heterocycles. The Hall–Kier alpha value is -3.61. The normalized spacial score (nSPS) is 11.4. The van der Waals surface area contributed by atoms with Gasteiger partial charge in [0.25, 0.3) is 0 Å². The van der Waals surface area contributed by atoms with Gasteiger partial charge >= 0.3 is 0 Å². The van der Waals surface area contributed by atoms with Crippen LogP contribution in [0.1, 0.15) is 5.56 Å². The Morgan fingerprint density at radius 2 is 1.84 bits per heavy atom. The Morgan fingerprint density at radius 1 is 0.960 bits per heavy atom. The van der Waals surface area contributed by atoms with Crippen LogP contribution in [0.15, 0.2) is 49.2 Å². The van der Waals surface area contributed by atoms with Crippen molar-refractivity contribution in [1.82, 2.24) is 35.1 Å². The van der Waals surface area contributed by atoms with Crippen molar-refractivity contribution in [3.05, 3.63) is 54.7 Å². The topological polar surface area (TPSA) is 96.0 Å². The molecular formula is C18H13N7. The number of hydrogen-bond acceptors (Lipinski definition) is 5. The van der Waals surface area contributed by atoms with E-state index in [1.807, 2.05) is 31.3 Å². The number of nitrogens with zero attached hydrogens (tertiary/aromatic N) is 5. The lowest BCUT2D eigenvalue weighted by Crippen LogP contribution is -1.88. The molecule has 5 heterocycles. The third-order valence-electron chi connectivity index (χ3n) is 4.27. The zero-order valence-electron chi connectivity index (χ0n) is 13.4. The Kier molecular flexibility index (Phi) is 2.87. The minimum atomic E-state index is 0.703. The van der Waals surface area contributed by atoms with Gasteiger partial charge in [-0.15, -0.1) is 0 Å². The maximum Gasteiger partial charge on any atom is 0.159 e. The second-order valence-corrected chi connectivity index (χ2v) is 5.86. The van der Waals surface area contributed by atoms with Crippen molar-refractivity contribution < 1.29 is 0 Å². The van der Waals surface area contributed by atoms with Crippen LogP contribution >= 0.6 is 0 Å². The first-order valence-corrected chi connectivity index (χ1v) is 7.85. The summed E-state index contributed by atoms with van der Waals surface area (Å²) in [5.41, 5.74) is 6.35. The second-order valence-electron chi connectivity index (χ2n) is 5.86. The van der Waals surface area contributed by atoms with E-state index < -0.39 is 0 Å². The molecular weight excluding hydrogens is 314 g/mol. The summed E-state index contributed by atoms with van der Waals surface area (Å²) in [6.45, 7) is 2.05. The molecule has 0 fully saturated rings. The lowest BCUT2D eigenvalue weighted by Gasteiger charge is -2.04. The number of imidazole rings is 1. The fourth-order valence-electron chi connectivity index (χ4n) is 2.95. The predicted molar refractivity (Wildman–Crippen MR) is 94.7 cm³/mol. The molecule has 0 aliphatic heterocycles. The van der Waals surface area contributed by atoms with Gasteiger partial charge in [0.05, 0.1) is 34.6 Å². The lowest BCUT2D eigenvalue weighted by molar-refractivity contribution is 1.10. The third kappa shape index (κ3) is 2.17. The molecule has 0 saturated heterocycles. The van der Waals surface area contributed by atoms with Gasteiger partial charge in [0.1, 0.15) is 5.69 Å². The minimum Gasteiger partial charge on any atom is -0.335 e. The zero-order chi connectivity index (χ0) is 16.8. The molecule has 0 amide bonds. The summed E-state index contributed by atoms with van der Waals surface area (Å²) in [6.07, 6.45) is 8.88. The van der Waals surface area contributed by atoms with Gasteiger partial charge in [-0.1, -0.05) is 0 Å². The third-order valence-corrected chi connectivity index (χ3v) is 4.27. The summed E-state index contributed by atoms with van der Waals surface area (Å²) in [5, 5.41) is 8.40. The standard InChI is InChI=1S/C18H13N7/c1-10-2-4-19-7-12(10)14-6-11-15(9-21-14)24-25-17(11)18-22-13-3-5-20-8-16(13)23-18/h2-9H,1H3,(H,22,23)(H,24,25). The first kappa shape index (κ1) is 13.8. The number of aryl methyl sites for hydroxylation is 1. The van der Waals surface area contributed by atoms with Crippen LogP contribution < -0.4 is 0 Å². The molecule has 120 valence electrons. The van der Waals surface area contributed by atoms with E-state index in [9.17, 15) is 0 Å². The van der Waals surface area contributed by atoms with Crippen LogP contribution in [0.5, 0.6) is 0 Å². The number of nitrogens with one attached hydrogen (secondary N) is 2. The number of H-pyrrole nitrogens is 2. The van der Waals surface area contributed by atoms with Crippen LogP contribution in [0, 0.1) is 6.92 Å². The minimum absolute atomic E-state index is 0.703. The van der Waals surface area contributed by atoms with Crippen molar-refractivity contribution >= 4 is 21.9 Å². The summed E-state index contributed by atoms with van der Waals surface area (Å²) < 4.78 is 0. The van der Waals surface area contributed by atoms with Crippen molar-refractivity contribution in [3.8, 4) is 22.8 Å². The molecule has 0 atom stereocenters. The number of hydrogen-bond donors (Lipinski definition) is 2. The molecule has 25 heavy (non-hydrogen) atoms. The van der Waals surface area contributed by atoms with Gasteiger partial charge in [0, 0.05) is 29.5 Å². The van der Waals surface area contributed by atoms with E-state index in [0.29, 0.717) is 5.82 Å². The number of pyridine rings is 3. The molecule has 0 radical (unpaired) electrons. The maximum absolute atomic E-state index is 4.61. The van der Waals surface area contributed by atoms with Crippen LogP contribution in [-0.4, -0.2) is 35.1 Å². The number of fused-ring (bicyclic) bond motifs is 2. The Labute approximate surface area is 142 Å². The summed E-state index contributed by atoms with van der Waals surface area (Å²) in [6, 6.07) is 5.86. The van der Waals surface area contributed by atoms with Gasteiger partial charge in [0.2, 0.25) is 0 Å². The van der Waals surface area contributed by atoms with E-state index >= 15 is 0 Å². The fraction of sp³-hybridized carbons (Fsp3) is 0.0556. The highest BCUT2D eigenvalue weighted by molar-refractivity contribution is 5.94. The van der Waals surface area contributed by atoms with E-state index in [2.05, 4.69) is 35.1 Å². The predicted octanol–water partition coefficient (Wildman–Crippen LogP) is 3.27. The van der Waals surface area contributed by atoms with Crippen molar-refractivity contribution in [3.63, 3.8) is 0 Å². The highest BCUT2D eigenvalue weighted by Gasteiger charge is 2.14. The Bertz CT molecular complexity index is 1190. The Balaban J connectivity index is 1.71. The van der Waals surface area contributed by atoms with Gasteiger partial charge in [0.15, 0.2) is 5.82 Å². The monoisotopic (exact) mass is 327 g/mol. The molecule has 0 bridgehead atoms. The van der Waals surface area contributed by atoms with Crippen molar-refractivity contribution in [1.29, 1.82) is 0 Å². The average Bonchev–Trinajstić information content (AvgIpc) is 3.25. The quantitative estimate of drug-likeness (QED) is 0.519. The molecule has 0 aliphatic carbocycles. The second kappa shape index (κ2) is 5.20. The van der Waals surface area contributed by atoms with Crippen molar-refractivity contribution in [2.75, 3.05) is 0 Å². The molecule has 0 aromatic carbocycles. The first-order valence-electron chi connectivity index (χ1n) is 7.85. The van der Waals surface area contributed by atoms with E-state index in [0.717, 1.165) is 44.5 Å². The van der Waals surface area contributed by atoms with E-state index in [1.54, 1.807) is 24.8 Å². The SMILES string of the molecule is Cc1ccncc1-c1cc2c(-c3nc4ccncc4[nH]3)n[nH]c2cn1. The highest BCUT2D eigenvalue weighted by Crippen LogP contribution is 2.29. The van der Waals surface area contributed by atoms with Gasteiger partial charge in [-0.05, 0) is 30.7 Å². The van der Waals surface area contributed by atoms with Crippen LogP contribution in [0.4, 0.5) is 0 Å². The number of aromatic nitrogens is 7. The summed E-state index contributed by atoms with van der Waals surface area (Å²) in [4.78, 5) is 20.7. The van der Waals surface area contributed by atoms with Gasteiger partial charge in [-0.2, -0.15) is 5.10 Å².